The molecule has 2 aromatic rings. The van der Waals surface area contributed by atoms with Gasteiger partial charge < -0.3 is 4.74 Å². The largest absolute Gasteiger partial charge is 0.426 e. The van der Waals surface area contributed by atoms with E-state index in [-0.39, 0.29) is 11.9 Å². The van der Waals surface area contributed by atoms with E-state index in [0.29, 0.717) is 5.92 Å². The molecule has 1 fully saturated rings. The number of ether oxygens (including phenoxy) is 1. The average molecular weight is 266 g/mol. The summed E-state index contributed by atoms with van der Waals surface area (Å²) in [5.41, 5.74) is 3.25. The van der Waals surface area contributed by atoms with Crippen LogP contribution in [0.15, 0.2) is 48.5 Å². The van der Waals surface area contributed by atoms with Gasteiger partial charge in [-0.25, -0.2) is 0 Å². The number of aryl methyl sites for hydroxylation is 2. The second-order valence-corrected chi connectivity index (χ2v) is 5.50. The molecule has 0 amide bonds. The third kappa shape index (κ3) is 2.46. The van der Waals surface area contributed by atoms with Gasteiger partial charge >= 0.3 is 5.97 Å². The van der Waals surface area contributed by atoms with Crippen molar-refractivity contribution in [2.45, 2.75) is 26.2 Å². The molecule has 0 radical (unpaired) electrons. The van der Waals surface area contributed by atoms with Gasteiger partial charge in [-0.3, -0.25) is 4.79 Å². The van der Waals surface area contributed by atoms with Crippen LogP contribution in [0.5, 0.6) is 5.75 Å². The van der Waals surface area contributed by atoms with Gasteiger partial charge in [0, 0.05) is 0 Å². The van der Waals surface area contributed by atoms with Crippen LogP contribution >= 0.6 is 0 Å². The Bertz CT molecular complexity index is 611. The predicted molar refractivity (Wildman–Crippen MR) is 78.8 cm³/mol. The highest BCUT2D eigenvalue weighted by atomic mass is 16.5. The molecule has 20 heavy (non-hydrogen) atoms. The van der Waals surface area contributed by atoms with Crippen LogP contribution in [0.3, 0.4) is 0 Å². The van der Waals surface area contributed by atoms with Crippen molar-refractivity contribution in [3.63, 3.8) is 0 Å². The van der Waals surface area contributed by atoms with E-state index < -0.39 is 0 Å². The maximum Gasteiger partial charge on any atom is 0.314 e. The summed E-state index contributed by atoms with van der Waals surface area (Å²) < 4.78 is 5.61. The Kier molecular flexibility index (Phi) is 3.31. The molecule has 0 unspecified atom stereocenters. The van der Waals surface area contributed by atoms with Crippen molar-refractivity contribution < 1.29 is 9.53 Å². The summed E-state index contributed by atoms with van der Waals surface area (Å²) in [5, 5.41) is 0. The highest BCUT2D eigenvalue weighted by molar-refractivity contribution is 5.80. The summed E-state index contributed by atoms with van der Waals surface area (Å²) in [7, 11) is 0. The summed E-state index contributed by atoms with van der Waals surface area (Å²) in [6.45, 7) is 3.94. The first-order valence-electron chi connectivity index (χ1n) is 6.99. The van der Waals surface area contributed by atoms with E-state index >= 15 is 0 Å². The van der Waals surface area contributed by atoms with E-state index in [0.717, 1.165) is 23.3 Å². The average Bonchev–Trinajstić information content (AvgIpc) is 3.24. The minimum atomic E-state index is -0.101. The zero-order chi connectivity index (χ0) is 14.1. The van der Waals surface area contributed by atoms with Gasteiger partial charge in [0.2, 0.25) is 0 Å². The predicted octanol–water partition coefficient (Wildman–Crippen LogP) is 4.01. The Morgan fingerprint density at radius 3 is 2.30 bits per heavy atom. The van der Waals surface area contributed by atoms with Gasteiger partial charge in [-0.1, -0.05) is 48.5 Å². The van der Waals surface area contributed by atoms with Crippen molar-refractivity contribution in [1.82, 2.24) is 0 Å². The Morgan fingerprint density at radius 2 is 1.65 bits per heavy atom. The summed E-state index contributed by atoms with van der Waals surface area (Å²) >= 11 is 0. The number of para-hydroxylation sites is 1. The summed E-state index contributed by atoms with van der Waals surface area (Å²) in [5.74, 6) is 0.955. The number of hydrogen-bond donors (Lipinski definition) is 0. The number of rotatable bonds is 3. The Morgan fingerprint density at radius 1 is 1.00 bits per heavy atom. The van der Waals surface area contributed by atoms with Crippen molar-refractivity contribution >= 4 is 5.97 Å². The fourth-order valence-electron chi connectivity index (χ4n) is 2.66. The molecular formula is C18H18O2. The number of benzene rings is 2. The lowest BCUT2D eigenvalue weighted by Gasteiger charge is -2.10. The van der Waals surface area contributed by atoms with E-state index in [1.54, 1.807) is 0 Å². The summed E-state index contributed by atoms with van der Waals surface area (Å²) in [4.78, 5) is 12.2. The molecule has 2 atom stereocenters. The van der Waals surface area contributed by atoms with Gasteiger partial charge in [0.15, 0.2) is 0 Å². The van der Waals surface area contributed by atoms with Crippen molar-refractivity contribution in [2.24, 2.45) is 5.92 Å². The number of esters is 1. The van der Waals surface area contributed by atoms with Crippen LogP contribution in [0.2, 0.25) is 0 Å². The molecule has 0 saturated heterocycles. The molecule has 102 valence electrons. The molecule has 3 rings (SSSR count). The maximum absolute atomic E-state index is 12.2. The van der Waals surface area contributed by atoms with Crippen LogP contribution in [-0.2, 0) is 4.79 Å². The topological polar surface area (TPSA) is 26.3 Å². The number of carbonyl (C=O) groups is 1. The fraction of sp³-hybridized carbons (Fsp3) is 0.278. The normalized spacial score (nSPS) is 20.5. The third-order valence-corrected chi connectivity index (χ3v) is 3.93. The van der Waals surface area contributed by atoms with E-state index in [1.165, 1.54) is 5.56 Å². The molecule has 0 N–H and O–H groups in total. The van der Waals surface area contributed by atoms with Crippen LogP contribution in [0.1, 0.15) is 29.0 Å². The monoisotopic (exact) mass is 266 g/mol. The van der Waals surface area contributed by atoms with Crippen LogP contribution in [0, 0.1) is 19.8 Å². The Labute approximate surface area is 119 Å². The lowest BCUT2D eigenvalue weighted by molar-refractivity contribution is -0.136. The van der Waals surface area contributed by atoms with Gasteiger partial charge in [0.1, 0.15) is 5.75 Å². The molecule has 0 aliphatic heterocycles. The second-order valence-electron chi connectivity index (χ2n) is 5.50. The molecule has 2 aromatic carbocycles. The van der Waals surface area contributed by atoms with Gasteiger partial charge in [0.05, 0.1) is 5.92 Å². The Hall–Kier alpha value is -2.09. The van der Waals surface area contributed by atoms with Crippen LogP contribution in [-0.4, -0.2) is 5.97 Å². The molecule has 0 heterocycles. The maximum atomic E-state index is 12.2. The van der Waals surface area contributed by atoms with Crippen LogP contribution < -0.4 is 4.74 Å². The van der Waals surface area contributed by atoms with Crippen molar-refractivity contribution in [1.29, 1.82) is 0 Å². The fourth-order valence-corrected chi connectivity index (χ4v) is 2.66. The zero-order valence-electron chi connectivity index (χ0n) is 11.8. The molecule has 2 nitrogen and oxygen atoms in total. The molecular weight excluding hydrogens is 248 g/mol. The summed E-state index contributed by atoms with van der Waals surface area (Å²) in [6, 6.07) is 16.1. The number of carbonyl (C=O) groups excluding carboxylic acids is 1. The molecule has 0 aromatic heterocycles. The van der Waals surface area contributed by atoms with Crippen LogP contribution in [0.25, 0.3) is 0 Å². The van der Waals surface area contributed by atoms with Crippen molar-refractivity contribution in [2.75, 3.05) is 0 Å². The molecule has 2 heteroatoms. The molecule has 1 aliphatic rings. The summed E-state index contributed by atoms with van der Waals surface area (Å²) in [6.07, 6.45) is 0.897. The van der Waals surface area contributed by atoms with E-state index in [9.17, 15) is 4.79 Å². The van der Waals surface area contributed by atoms with Gasteiger partial charge in [-0.2, -0.15) is 0 Å². The minimum Gasteiger partial charge on any atom is -0.426 e. The second kappa shape index (κ2) is 5.12. The first-order valence-corrected chi connectivity index (χ1v) is 6.99. The smallest absolute Gasteiger partial charge is 0.314 e. The lowest BCUT2D eigenvalue weighted by Crippen LogP contribution is -2.12. The quantitative estimate of drug-likeness (QED) is 0.619. The molecule has 1 aliphatic carbocycles. The van der Waals surface area contributed by atoms with Gasteiger partial charge in [-0.05, 0) is 42.9 Å². The minimum absolute atomic E-state index is 0.0106. The SMILES string of the molecule is Cc1cccc(C)c1OC(=O)[C@@H]1C[C@@H]1c1ccccc1. The Balaban J connectivity index is 1.70. The van der Waals surface area contributed by atoms with Crippen LogP contribution in [0.4, 0.5) is 0 Å². The van der Waals surface area contributed by atoms with E-state index in [2.05, 4.69) is 12.1 Å². The highest BCUT2D eigenvalue weighted by Gasteiger charge is 2.45. The first kappa shape index (κ1) is 12.9. The van der Waals surface area contributed by atoms with Crippen molar-refractivity contribution in [3.8, 4) is 5.75 Å². The highest BCUT2D eigenvalue weighted by Crippen LogP contribution is 2.48. The lowest BCUT2D eigenvalue weighted by atomic mass is 10.1. The van der Waals surface area contributed by atoms with Gasteiger partial charge in [-0.15, -0.1) is 0 Å². The number of hydrogen-bond acceptors (Lipinski definition) is 2. The van der Waals surface area contributed by atoms with Crippen molar-refractivity contribution in [3.05, 3.63) is 65.2 Å². The molecule has 0 spiro atoms. The standard InChI is InChI=1S/C18H18O2/c1-12-7-6-8-13(2)17(12)20-18(19)16-11-15(16)14-9-4-3-5-10-14/h3-10,15-16H,11H2,1-2H3/t15-,16-/m1/s1. The first-order chi connectivity index (χ1) is 9.66. The van der Waals surface area contributed by atoms with E-state index in [1.807, 2.05) is 50.2 Å². The van der Waals surface area contributed by atoms with Gasteiger partial charge in [0.25, 0.3) is 0 Å². The van der Waals surface area contributed by atoms with E-state index in [4.69, 9.17) is 4.74 Å². The molecule has 1 saturated carbocycles. The zero-order valence-corrected chi connectivity index (χ0v) is 11.8. The molecule has 0 bridgehead atoms. The third-order valence-electron chi connectivity index (χ3n) is 3.93.